The van der Waals surface area contributed by atoms with Crippen LogP contribution in [0.15, 0.2) is 47.3 Å². The van der Waals surface area contributed by atoms with E-state index in [-0.39, 0.29) is 5.78 Å². The zero-order valence-corrected chi connectivity index (χ0v) is 11.8. The molecule has 98 valence electrons. The summed E-state index contributed by atoms with van der Waals surface area (Å²) in [6, 6.07) is 9.26. The Bertz CT molecular complexity index is 554. The number of aromatic nitrogens is 2. The van der Waals surface area contributed by atoms with Gasteiger partial charge in [0.2, 0.25) is 5.13 Å². The summed E-state index contributed by atoms with van der Waals surface area (Å²) in [6.07, 6.45) is 1.76. The van der Waals surface area contributed by atoms with E-state index in [1.807, 2.05) is 30.3 Å². The Balaban J connectivity index is 1.87. The molecule has 6 heteroatoms. The smallest absolute Gasteiger partial charge is 0.206 e. The quantitative estimate of drug-likeness (QED) is 0.482. The third-order valence-electron chi connectivity index (χ3n) is 2.23. The molecule has 0 saturated carbocycles. The van der Waals surface area contributed by atoms with Crippen molar-refractivity contribution in [3.63, 3.8) is 0 Å². The van der Waals surface area contributed by atoms with Crippen molar-refractivity contribution < 1.29 is 4.79 Å². The van der Waals surface area contributed by atoms with E-state index in [0.717, 1.165) is 15.0 Å². The summed E-state index contributed by atoms with van der Waals surface area (Å²) in [7, 11) is 0. The molecule has 0 amide bonds. The van der Waals surface area contributed by atoms with Crippen LogP contribution in [0, 0.1) is 0 Å². The van der Waals surface area contributed by atoms with Crippen LogP contribution in [0.4, 0.5) is 5.13 Å². The van der Waals surface area contributed by atoms with Gasteiger partial charge in [0.05, 0.1) is 5.75 Å². The molecule has 1 aromatic carbocycles. The van der Waals surface area contributed by atoms with E-state index in [4.69, 9.17) is 0 Å². The predicted octanol–water partition coefficient (Wildman–Crippen LogP) is 3.11. The van der Waals surface area contributed by atoms with Gasteiger partial charge in [-0.25, -0.2) is 0 Å². The van der Waals surface area contributed by atoms with Crippen molar-refractivity contribution in [2.45, 2.75) is 4.34 Å². The molecule has 0 aliphatic heterocycles. The minimum atomic E-state index is 0.0985. The normalized spacial score (nSPS) is 10.1. The molecule has 2 rings (SSSR count). The Labute approximate surface area is 120 Å². The molecule has 0 fully saturated rings. The van der Waals surface area contributed by atoms with E-state index in [2.05, 4.69) is 22.1 Å². The molecule has 0 bridgehead atoms. The maximum Gasteiger partial charge on any atom is 0.206 e. The molecule has 1 N–H and O–H groups in total. The number of carbonyl (C=O) groups is 1. The Kier molecular flexibility index (Phi) is 5.11. The number of nitrogens with one attached hydrogen (secondary N) is 1. The number of benzene rings is 1. The molecule has 0 spiro atoms. The van der Waals surface area contributed by atoms with Crippen molar-refractivity contribution in [2.24, 2.45) is 0 Å². The van der Waals surface area contributed by atoms with Crippen molar-refractivity contribution in [2.75, 3.05) is 17.6 Å². The fraction of sp³-hybridized carbons (Fsp3) is 0.154. The zero-order chi connectivity index (χ0) is 13.5. The fourth-order valence-corrected chi connectivity index (χ4v) is 2.99. The van der Waals surface area contributed by atoms with Gasteiger partial charge in [0, 0.05) is 12.1 Å². The highest BCUT2D eigenvalue weighted by molar-refractivity contribution is 8.01. The molecule has 0 aliphatic rings. The summed E-state index contributed by atoms with van der Waals surface area (Å²) >= 11 is 2.85. The highest BCUT2D eigenvalue weighted by Gasteiger charge is 2.09. The maximum absolute atomic E-state index is 11.9. The SMILES string of the molecule is C=CCNc1nnc(SCC(=O)c2ccccc2)s1. The van der Waals surface area contributed by atoms with Crippen LogP contribution < -0.4 is 5.32 Å². The predicted molar refractivity (Wildman–Crippen MR) is 80.1 cm³/mol. The van der Waals surface area contributed by atoms with Gasteiger partial charge in [0.25, 0.3) is 0 Å². The number of hydrogen-bond donors (Lipinski definition) is 1. The molecule has 0 saturated heterocycles. The van der Waals surface area contributed by atoms with Gasteiger partial charge in [0.1, 0.15) is 0 Å². The first-order valence-corrected chi connectivity index (χ1v) is 7.49. The van der Waals surface area contributed by atoms with Gasteiger partial charge in [-0.15, -0.1) is 16.8 Å². The molecule has 0 atom stereocenters. The minimum Gasteiger partial charge on any atom is -0.357 e. The van der Waals surface area contributed by atoms with Crippen molar-refractivity contribution in [3.8, 4) is 0 Å². The lowest BCUT2D eigenvalue weighted by molar-refractivity contribution is 0.102. The molecule has 19 heavy (non-hydrogen) atoms. The van der Waals surface area contributed by atoms with E-state index in [0.29, 0.717) is 12.3 Å². The van der Waals surface area contributed by atoms with Crippen molar-refractivity contribution in [1.82, 2.24) is 10.2 Å². The number of thioether (sulfide) groups is 1. The first kappa shape index (κ1) is 13.8. The molecular weight excluding hydrogens is 278 g/mol. The number of carbonyl (C=O) groups excluding carboxylic acids is 1. The van der Waals surface area contributed by atoms with E-state index in [1.54, 1.807) is 6.08 Å². The molecular formula is C13H13N3OS2. The topological polar surface area (TPSA) is 54.9 Å². The highest BCUT2D eigenvalue weighted by Crippen LogP contribution is 2.25. The lowest BCUT2D eigenvalue weighted by Crippen LogP contribution is -2.01. The van der Waals surface area contributed by atoms with Crippen LogP contribution >= 0.6 is 23.1 Å². The third kappa shape index (κ3) is 4.18. The molecule has 4 nitrogen and oxygen atoms in total. The Morgan fingerprint density at radius 1 is 1.37 bits per heavy atom. The number of anilines is 1. The van der Waals surface area contributed by atoms with Crippen LogP contribution in [0.1, 0.15) is 10.4 Å². The summed E-state index contributed by atoms with van der Waals surface area (Å²) in [5.41, 5.74) is 0.726. The van der Waals surface area contributed by atoms with Crippen LogP contribution in [0.5, 0.6) is 0 Å². The summed E-state index contributed by atoms with van der Waals surface area (Å²) in [5.74, 6) is 0.474. The Morgan fingerprint density at radius 2 is 2.16 bits per heavy atom. The second-order valence-electron chi connectivity index (χ2n) is 3.62. The second kappa shape index (κ2) is 7.06. The maximum atomic E-state index is 11.9. The molecule has 0 radical (unpaired) electrons. The number of rotatable bonds is 7. The third-order valence-corrected chi connectivity index (χ3v) is 4.24. The van der Waals surface area contributed by atoms with Crippen molar-refractivity contribution in [1.29, 1.82) is 0 Å². The van der Waals surface area contributed by atoms with Crippen LogP contribution in [0.25, 0.3) is 0 Å². The highest BCUT2D eigenvalue weighted by atomic mass is 32.2. The number of Topliss-reactive ketones (excluding diaryl/α,β-unsaturated/α-hetero) is 1. The van der Waals surface area contributed by atoms with Crippen molar-refractivity contribution >= 4 is 34.0 Å². The van der Waals surface area contributed by atoms with E-state index in [9.17, 15) is 4.79 Å². The Morgan fingerprint density at radius 3 is 2.89 bits per heavy atom. The molecule has 1 aromatic heterocycles. The minimum absolute atomic E-state index is 0.0985. The Hall–Kier alpha value is -1.66. The molecule has 0 unspecified atom stereocenters. The number of nitrogens with zero attached hydrogens (tertiary/aromatic N) is 2. The lowest BCUT2D eigenvalue weighted by atomic mass is 10.2. The first-order valence-electron chi connectivity index (χ1n) is 5.69. The van der Waals surface area contributed by atoms with E-state index in [1.165, 1.54) is 23.1 Å². The second-order valence-corrected chi connectivity index (χ2v) is 5.82. The summed E-state index contributed by atoms with van der Waals surface area (Å²) in [4.78, 5) is 11.9. The van der Waals surface area contributed by atoms with E-state index < -0.39 is 0 Å². The van der Waals surface area contributed by atoms with Gasteiger partial charge in [-0.3, -0.25) is 4.79 Å². The first-order chi connectivity index (χ1) is 9.29. The molecule has 2 aromatic rings. The van der Waals surface area contributed by atoms with Crippen LogP contribution in [0.2, 0.25) is 0 Å². The lowest BCUT2D eigenvalue weighted by Gasteiger charge is -1.98. The van der Waals surface area contributed by atoms with Gasteiger partial charge in [0.15, 0.2) is 10.1 Å². The van der Waals surface area contributed by atoms with Gasteiger partial charge >= 0.3 is 0 Å². The largest absolute Gasteiger partial charge is 0.357 e. The summed E-state index contributed by atoms with van der Waals surface area (Å²) in [5, 5.41) is 11.8. The summed E-state index contributed by atoms with van der Waals surface area (Å²) < 4.78 is 0.788. The summed E-state index contributed by atoms with van der Waals surface area (Å²) in [6.45, 7) is 4.27. The van der Waals surface area contributed by atoms with Crippen LogP contribution in [-0.2, 0) is 0 Å². The van der Waals surface area contributed by atoms with E-state index >= 15 is 0 Å². The van der Waals surface area contributed by atoms with Gasteiger partial charge in [-0.05, 0) is 0 Å². The van der Waals surface area contributed by atoms with Gasteiger partial charge < -0.3 is 5.32 Å². The average molecular weight is 291 g/mol. The zero-order valence-electron chi connectivity index (χ0n) is 10.2. The molecule has 1 heterocycles. The van der Waals surface area contributed by atoms with Crippen molar-refractivity contribution in [3.05, 3.63) is 48.6 Å². The van der Waals surface area contributed by atoms with Gasteiger partial charge in [-0.1, -0.05) is 59.5 Å². The van der Waals surface area contributed by atoms with Crippen LogP contribution in [0.3, 0.4) is 0 Å². The van der Waals surface area contributed by atoms with Gasteiger partial charge in [-0.2, -0.15) is 0 Å². The van der Waals surface area contributed by atoms with Crippen LogP contribution in [-0.4, -0.2) is 28.3 Å². The molecule has 0 aliphatic carbocycles. The monoisotopic (exact) mass is 291 g/mol. The average Bonchev–Trinajstić information content (AvgIpc) is 2.91. The fourth-order valence-electron chi connectivity index (χ4n) is 1.33. The number of ketones is 1. The standard InChI is InChI=1S/C13H13N3OS2/c1-2-8-14-12-15-16-13(19-12)18-9-11(17)10-6-4-3-5-7-10/h2-7H,1,8-9H2,(H,14,15). The number of hydrogen-bond acceptors (Lipinski definition) is 6.